The third kappa shape index (κ3) is 4.74. The van der Waals surface area contributed by atoms with E-state index in [0.717, 1.165) is 52.2 Å². The molecule has 0 saturated heterocycles. The maximum absolute atomic E-state index is 12.5. The Labute approximate surface area is 181 Å². The number of rotatable bonds is 8. The van der Waals surface area contributed by atoms with Gasteiger partial charge in [0.05, 0.1) is 11.7 Å². The number of nitrogens with one attached hydrogen (secondary N) is 3. The minimum absolute atomic E-state index is 0.0369. The highest BCUT2D eigenvalue weighted by Crippen LogP contribution is 2.24. The molecule has 2 aromatic heterocycles. The quantitative estimate of drug-likeness (QED) is 0.375. The van der Waals surface area contributed by atoms with E-state index in [9.17, 15) is 9.59 Å². The van der Waals surface area contributed by atoms with Crippen molar-refractivity contribution < 1.29 is 9.59 Å². The van der Waals surface area contributed by atoms with Gasteiger partial charge in [0.15, 0.2) is 0 Å². The number of benzene rings is 2. The van der Waals surface area contributed by atoms with Crippen LogP contribution < -0.4 is 10.6 Å². The van der Waals surface area contributed by atoms with E-state index < -0.39 is 0 Å². The first-order chi connectivity index (χ1) is 15.1. The van der Waals surface area contributed by atoms with Crippen molar-refractivity contribution in [1.29, 1.82) is 0 Å². The zero-order chi connectivity index (χ0) is 21.6. The molecule has 0 aliphatic carbocycles. The van der Waals surface area contributed by atoms with Crippen LogP contribution in [0.5, 0.6) is 0 Å². The zero-order valence-corrected chi connectivity index (χ0v) is 17.6. The predicted molar refractivity (Wildman–Crippen MR) is 123 cm³/mol. The highest BCUT2D eigenvalue weighted by Gasteiger charge is 2.11. The number of aromatic nitrogens is 2. The van der Waals surface area contributed by atoms with E-state index >= 15 is 0 Å². The summed E-state index contributed by atoms with van der Waals surface area (Å²) in [6.45, 7) is 3.14. The molecule has 0 aliphatic heterocycles. The topological polar surface area (TPSA) is 86.9 Å². The maximum Gasteiger partial charge on any atom is 0.269 e. The van der Waals surface area contributed by atoms with Crippen LogP contribution in [0.2, 0.25) is 0 Å². The van der Waals surface area contributed by atoms with Gasteiger partial charge in [-0.05, 0) is 49.9 Å². The molecule has 0 spiro atoms. The average Bonchev–Trinajstić information content (AvgIpc) is 3.16. The van der Waals surface area contributed by atoms with Crippen molar-refractivity contribution in [3.05, 3.63) is 77.6 Å². The lowest BCUT2D eigenvalue weighted by molar-refractivity contribution is 0.0944. The summed E-state index contributed by atoms with van der Waals surface area (Å²) in [4.78, 5) is 32.3. The first-order valence-electron chi connectivity index (χ1n) is 10.6. The van der Waals surface area contributed by atoms with Crippen LogP contribution >= 0.6 is 0 Å². The summed E-state index contributed by atoms with van der Waals surface area (Å²) in [6, 6.07) is 17.4. The summed E-state index contributed by atoms with van der Waals surface area (Å²) in [5.74, 6) is -0.204. The lowest BCUT2D eigenvalue weighted by atomic mass is 10.1. The number of fused-ring (bicyclic) bond motifs is 3. The van der Waals surface area contributed by atoms with Gasteiger partial charge >= 0.3 is 0 Å². The molecule has 6 nitrogen and oxygen atoms in total. The number of hydrogen-bond acceptors (Lipinski definition) is 3. The summed E-state index contributed by atoms with van der Waals surface area (Å²) >= 11 is 0. The first kappa shape index (κ1) is 20.6. The van der Waals surface area contributed by atoms with Gasteiger partial charge in [-0.3, -0.25) is 9.59 Å². The molecule has 4 rings (SSSR count). The fourth-order valence-corrected chi connectivity index (χ4v) is 3.72. The van der Waals surface area contributed by atoms with E-state index in [2.05, 4.69) is 20.6 Å². The molecule has 0 unspecified atom stereocenters. The summed E-state index contributed by atoms with van der Waals surface area (Å²) < 4.78 is 0. The molecule has 0 saturated carbocycles. The monoisotopic (exact) mass is 414 g/mol. The lowest BCUT2D eigenvalue weighted by Gasteiger charge is -2.08. The number of pyridine rings is 1. The highest BCUT2D eigenvalue weighted by molar-refractivity contribution is 6.09. The number of aryl methyl sites for hydroxylation is 1. The van der Waals surface area contributed by atoms with Gasteiger partial charge in [0.1, 0.15) is 5.69 Å². The van der Waals surface area contributed by atoms with Crippen LogP contribution in [0.15, 0.2) is 60.8 Å². The van der Waals surface area contributed by atoms with Crippen molar-refractivity contribution in [2.45, 2.75) is 26.2 Å². The Morgan fingerprint density at radius 1 is 0.839 bits per heavy atom. The Morgan fingerprint density at radius 3 is 2.35 bits per heavy atom. The molecule has 0 aliphatic rings. The van der Waals surface area contributed by atoms with E-state index in [1.54, 1.807) is 6.20 Å². The van der Waals surface area contributed by atoms with E-state index in [1.807, 2.05) is 61.5 Å². The third-order valence-electron chi connectivity index (χ3n) is 5.44. The molecular formula is C25H26N4O2. The summed E-state index contributed by atoms with van der Waals surface area (Å²) in [5, 5.41) is 7.98. The van der Waals surface area contributed by atoms with Crippen LogP contribution in [0.1, 0.15) is 45.7 Å². The lowest BCUT2D eigenvalue weighted by Crippen LogP contribution is -2.26. The average molecular weight is 415 g/mol. The summed E-state index contributed by atoms with van der Waals surface area (Å²) in [7, 11) is 0. The van der Waals surface area contributed by atoms with Crippen molar-refractivity contribution in [3.63, 3.8) is 0 Å². The van der Waals surface area contributed by atoms with Gasteiger partial charge < -0.3 is 15.6 Å². The molecule has 2 heterocycles. The Morgan fingerprint density at radius 2 is 1.55 bits per heavy atom. The number of carbonyl (C=O) groups is 2. The molecule has 31 heavy (non-hydrogen) atoms. The molecule has 6 heteroatoms. The molecule has 4 aromatic rings. The number of unbranched alkanes of at least 4 members (excludes halogenated alkanes) is 2. The number of H-pyrrole nitrogens is 1. The van der Waals surface area contributed by atoms with Crippen LogP contribution in [0.3, 0.4) is 0 Å². The Balaban J connectivity index is 1.20. The fraction of sp³-hybridized carbons (Fsp3) is 0.240. The molecule has 2 amide bonds. The predicted octanol–water partition coefficient (Wildman–Crippen LogP) is 4.35. The van der Waals surface area contributed by atoms with Crippen LogP contribution in [0.25, 0.3) is 21.8 Å². The first-order valence-corrected chi connectivity index (χ1v) is 10.6. The van der Waals surface area contributed by atoms with Gasteiger partial charge in [-0.15, -0.1) is 0 Å². The van der Waals surface area contributed by atoms with Crippen molar-refractivity contribution in [1.82, 2.24) is 20.6 Å². The zero-order valence-electron chi connectivity index (χ0n) is 17.6. The second-order valence-corrected chi connectivity index (χ2v) is 7.67. The van der Waals surface area contributed by atoms with Crippen LogP contribution in [0.4, 0.5) is 0 Å². The standard InChI is InChI=1S/C25H26N4O2/c1-17-9-3-4-10-18(17)24(30)26-13-7-2-8-14-27-25(31)22-15-20-19-11-5-6-12-21(19)29-23(20)16-28-22/h3-6,9-12,15-16,29H,2,7-8,13-14H2,1H3,(H,26,30)(H,27,31). The van der Waals surface area contributed by atoms with Gasteiger partial charge in [-0.1, -0.05) is 36.4 Å². The van der Waals surface area contributed by atoms with Crippen molar-refractivity contribution in [2.24, 2.45) is 0 Å². The Hall–Kier alpha value is -3.67. The van der Waals surface area contributed by atoms with Crippen molar-refractivity contribution in [3.8, 4) is 0 Å². The van der Waals surface area contributed by atoms with Crippen molar-refractivity contribution in [2.75, 3.05) is 13.1 Å². The van der Waals surface area contributed by atoms with E-state index in [-0.39, 0.29) is 11.8 Å². The van der Waals surface area contributed by atoms with E-state index in [1.165, 1.54) is 0 Å². The number of aromatic amines is 1. The number of hydrogen-bond donors (Lipinski definition) is 3. The number of nitrogens with zero attached hydrogens (tertiary/aromatic N) is 1. The summed E-state index contributed by atoms with van der Waals surface area (Å²) in [6.07, 6.45) is 4.35. The minimum atomic E-state index is -0.167. The number of amides is 2. The molecule has 0 atom stereocenters. The minimum Gasteiger partial charge on any atom is -0.353 e. The SMILES string of the molecule is Cc1ccccc1C(=O)NCCCCCNC(=O)c1cc2c(cn1)[nH]c1ccccc12. The Kier molecular flexibility index (Phi) is 6.26. The second kappa shape index (κ2) is 9.43. The van der Waals surface area contributed by atoms with E-state index in [4.69, 9.17) is 0 Å². The highest BCUT2D eigenvalue weighted by atomic mass is 16.2. The number of carbonyl (C=O) groups excluding carboxylic acids is 2. The smallest absolute Gasteiger partial charge is 0.269 e. The van der Waals surface area contributed by atoms with Gasteiger partial charge in [-0.25, -0.2) is 4.98 Å². The van der Waals surface area contributed by atoms with Crippen LogP contribution in [0, 0.1) is 6.92 Å². The molecular weight excluding hydrogens is 388 g/mol. The second-order valence-electron chi connectivity index (χ2n) is 7.67. The third-order valence-corrected chi connectivity index (χ3v) is 5.44. The largest absolute Gasteiger partial charge is 0.353 e. The van der Waals surface area contributed by atoms with E-state index in [0.29, 0.717) is 18.8 Å². The molecule has 3 N–H and O–H groups in total. The van der Waals surface area contributed by atoms with Gasteiger partial charge in [0.2, 0.25) is 0 Å². The molecule has 2 aromatic carbocycles. The van der Waals surface area contributed by atoms with Crippen LogP contribution in [-0.2, 0) is 0 Å². The van der Waals surface area contributed by atoms with Gasteiger partial charge in [0, 0.05) is 34.9 Å². The molecule has 158 valence electrons. The van der Waals surface area contributed by atoms with Crippen LogP contribution in [-0.4, -0.2) is 34.9 Å². The van der Waals surface area contributed by atoms with Gasteiger partial charge in [-0.2, -0.15) is 0 Å². The number of para-hydroxylation sites is 1. The maximum atomic E-state index is 12.5. The Bertz CT molecular complexity index is 1230. The van der Waals surface area contributed by atoms with Gasteiger partial charge in [0.25, 0.3) is 11.8 Å². The summed E-state index contributed by atoms with van der Waals surface area (Å²) in [5.41, 5.74) is 4.07. The molecule has 0 fully saturated rings. The molecule has 0 bridgehead atoms. The molecule has 0 radical (unpaired) electrons. The van der Waals surface area contributed by atoms with Crippen molar-refractivity contribution >= 4 is 33.6 Å². The fourth-order valence-electron chi connectivity index (χ4n) is 3.72. The normalized spacial score (nSPS) is 11.0.